The van der Waals surface area contributed by atoms with Crippen molar-refractivity contribution < 1.29 is 4.84 Å². The standard InChI is InChI=1S/C20H18N2O/c1-16(19-14-8-9-15-21-19)22-23-20(17-10-4-2-5-11-17)18-12-6-3-7-13-18/h2-15,20H,1H3. The summed E-state index contributed by atoms with van der Waals surface area (Å²) in [6, 6.07) is 25.9. The van der Waals surface area contributed by atoms with Crippen LogP contribution >= 0.6 is 0 Å². The third kappa shape index (κ3) is 3.83. The minimum Gasteiger partial charge on any atom is -0.382 e. The Kier molecular flexibility index (Phi) is 4.79. The molecule has 0 radical (unpaired) electrons. The van der Waals surface area contributed by atoms with E-state index in [1.165, 1.54) is 0 Å². The van der Waals surface area contributed by atoms with Crippen molar-refractivity contribution in [2.45, 2.75) is 13.0 Å². The summed E-state index contributed by atoms with van der Waals surface area (Å²) in [5.74, 6) is 0. The second-order valence-corrected chi connectivity index (χ2v) is 5.20. The van der Waals surface area contributed by atoms with Gasteiger partial charge in [0.1, 0.15) is 5.71 Å². The van der Waals surface area contributed by atoms with Crippen LogP contribution in [0, 0.1) is 0 Å². The fourth-order valence-electron chi connectivity index (χ4n) is 2.33. The number of nitrogens with zero attached hydrogens (tertiary/aromatic N) is 2. The van der Waals surface area contributed by atoms with Crippen LogP contribution in [-0.4, -0.2) is 10.7 Å². The van der Waals surface area contributed by atoms with Gasteiger partial charge in [-0.3, -0.25) is 4.98 Å². The number of hydrogen-bond donors (Lipinski definition) is 0. The lowest BCUT2D eigenvalue weighted by Gasteiger charge is -2.16. The molecule has 3 nitrogen and oxygen atoms in total. The third-order valence-electron chi connectivity index (χ3n) is 3.54. The molecule has 1 aromatic heterocycles. The van der Waals surface area contributed by atoms with Crippen LogP contribution in [0.25, 0.3) is 0 Å². The molecule has 114 valence electrons. The van der Waals surface area contributed by atoms with Crippen LogP contribution in [0.4, 0.5) is 0 Å². The van der Waals surface area contributed by atoms with Crippen molar-refractivity contribution in [2.24, 2.45) is 5.16 Å². The van der Waals surface area contributed by atoms with Crippen LogP contribution in [0.2, 0.25) is 0 Å². The molecule has 0 N–H and O–H groups in total. The summed E-state index contributed by atoms with van der Waals surface area (Å²) in [5.41, 5.74) is 3.70. The number of benzene rings is 2. The van der Waals surface area contributed by atoms with E-state index in [-0.39, 0.29) is 6.10 Å². The van der Waals surface area contributed by atoms with Crippen molar-refractivity contribution in [3.05, 3.63) is 102 Å². The third-order valence-corrected chi connectivity index (χ3v) is 3.54. The first-order valence-electron chi connectivity index (χ1n) is 7.56. The van der Waals surface area contributed by atoms with Crippen LogP contribution in [0.3, 0.4) is 0 Å². The zero-order valence-corrected chi connectivity index (χ0v) is 13.0. The molecule has 0 atom stereocenters. The molecule has 0 spiro atoms. The second-order valence-electron chi connectivity index (χ2n) is 5.20. The lowest BCUT2D eigenvalue weighted by atomic mass is 10.0. The first-order valence-corrected chi connectivity index (χ1v) is 7.56. The smallest absolute Gasteiger partial charge is 0.177 e. The van der Waals surface area contributed by atoms with Crippen molar-refractivity contribution in [3.63, 3.8) is 0 Å². The second kappa shape index (κ2) is 7.36. The molecule has 0 aliphatic rings. The number of oxime groups is 1. The van der Waals surface area contributed by atoms with Gasteiger partial charge in [0.2, 0.25) is 0 Å². The Balaban J connectivity index is 1.88. The summed E-state index contributed by atoms with van der Waals surface area (Å²) in [6.07, 6.45) is 1.51. The molecule has 3 rings (SSSR count). The number of aromatic nitrogens is 1. The largest absolute Gasteiger partial charge is 0.382 e. The molecular formula is C20H18N2O. The van der Waals surface area contributed by atoms with Crippen LogP contribution in [0.15, 0.2) is 90.2 Å². The maximum Gasteiger partial charge on any atom is 0.177 e. The molecule has 1 heterocycles. The van der Waals surface area contributed by atoms with Gasteiger partial charge in [0.25, 0.3) is 0 Å². The molecule has 0 fully saturated rings. The van der Waals surface area contributed by atoms with E-state index >= 15 is 0 Å². The van der Waals surface area contributed by atoms with Crippen LogP contribution in [0.1, 0.15) is 29.8 Å². The summed E-state index contributed by atoms with van der Waals surface area (Å²) in [7, 11) is 0. The Hall–Kier alpha value is -2.94. The Labute approximate surface area is 136 Å². The van der Waals surface area contributed by atoms with E-state index in [1.54, 1.807) is 6.20 Å². The molecule has 0 amide bonds. The van der Waals surface area contributed by atoms with Crippen molar-refractivity contribution >= 4 is 5.71 Å². The zero-order chi connectivity index (χ0) is 15.9. The van der Waals surface area contributed by atoms with Gasteiger partial charge >= 0.3 is 0 Å². The maximum atomic E-state index is 5.88. The summed E-state index contributed by atoms with van der Waals surface area (Å²) in [4.78, 5) is 10.2. The van der Waals surface area contributed by atoms with Crippen molar-refractivity contribution in [1.82, 2.24) is 4.98 Å². The molecule has 3 aromatic rings. The highest BCUT2D eigenvalue weighted by atomic mass is 16.6. The number of hydrogen-bond acceptors (Lipinski definition) is 3. The average Bonchev–Trinajstić information content (AvgIpc) is 2.64. The van der Waals surface area contributed by atoms with Gasteiger partial charge in [0.05, 0.1) is 5.69 Å². The van der Waals surface area contributed by atoms with Gasteiger partial charge in [-0.1, -0.05) is 71.9 Å². The fourth-order valence-corrected chi connectivity index (χ4v) is 2.33. The first kappa shape index (κ1) is 15.0. The predicted molar refractivity (Wildman–Crippen MR) is 92.3 cm³/mol. The van der Waals surface area contributed by atoms with Crippen molar-refractivity contribution in [1.29, 1.82) is 0 Å². The number of pyridine rings is 1. The Morgan fingerprint density at radius 3 is 1.91 bits per heavy atom. The molecule has 0 saturated heterocycles. The minimum atomic E-state index is -0.240. The van der Waals surface area contributed by atoms with E-state index < -0.39 is 0 Å². The molecule has 0 bridgehead atoms. The van der Waals surface area contributed by atoms with Crippen LogP contribution in [-0.2, 0) is 4.84 Å². The van der Waals surface area contributed by atoms with E-state index in [1.807, 2.05) is 85.8 Å². The molecule has 0 unspecified atom stereocenters. The van der Waals surface area contributed by atoms with Crippen molar-refractivity contribution in [2.75, 3.05) is 0 Å². The predicted octanol–water partition coefficient (Wildman–Crippen LogP) is 4.61. The van der Waals surface area contributed by atoms with E-state index in [4.69, 9.17) is 4.84 Å². The lowest BCUT2D eigenvalue weighted by molar-refractivity contribution is 0.0873. The Morgan fingerprint density at radius 1 is 0.826 bits per heavy atom. The summed E-state index contributed by atoms with van der Waals surface area (Å²) < 4.78 is 0. The fraction of sp³-hybridized carbons (Fsp3) is 0.100. The highest BCUT2D eigenvalue weighted by Gasteiger charge is 2.15. The molecular weight excluding hydrogens is 284 g/mol. The van der Waals surface area contributed by atoms with Gasteiger partial charge in [-0.05, 0) is 30.2 Å². The van der Waals surface area contributed by atoms with Crippen LogP contribution in [0.5, 0.6) is 0 Å². The zero-order valence-electron chi connectivity index (χ0n) is 13.0. The summed E-state index contributed by atoms with van der Waals surface area (Å²) in [6.45, 7) is 1.90. The maximum absolute atomic E-state index is 5.88. The van der Waals surface area contributed by atoms with E-state index in [2.05, 4.69) is 10.1 Å². The van der Waals surface area contributed by atoms with Gasteiger partial charge in [0, 0.05) is 6.20 Å². The molecule has 0 saturated carbocycles. The average molecular weight is 302 g/mol. The normalized spacial score (nSPS) is 11.5. The van der Waals surface area contributed by atoms with Crippen LogP contribution < -0.4 is 0 Å². The summed E-state index contributed by atoms with van der Waals surface area (Å²) >= 11 is 0. The quantitative estimate of drug-likeness (QED) is 0.509. The molecule has 0 aliphatic heterocycles. The SMILES string of the molecule is CC(=NOC(c1ccccc1)c1ccccc1)c1ccccn1. The minimum absolute atomic E-state index is 0.240. The molecule has 0 aliphatic carbocycles. The molecule has 2 aromatic carbocycles. The van der Waals surface area contributed by atoms with E-state index in [9.17, 15) is 0 Å². The van der Waals surface area contributed by atoms with Gasteiger partial charge in [-0.2, -0.15) is 0 Å². The van der Waals surface area contributed by atoms with E-state index in [0.29, 0.717) is 0 Å². The first-order chi connectivity index (χ1) is 11.3. The Morgan fingerprint density at radius 2 is 1.39 bits per heavy atom. The van der Waals surface area contributed by atoms with Gasteiger partial charge in [-0.15, -0.1) is 0 Å². The monoisotopic (exact) mass is 302 g/mol. The van der Waals surface area contributed by atoms with Gasteiger partial charge in [-0.25, -0.2) is 0 Å². The van der Waals surface area contributed by atoms with E-state index in [0.717, 1.165) is 22.5 Å². The highest BCUT2D eigenvalue weighted by Crippen LogP contribution is 2.26. The summed E-state index contributed by atoms with van der Waals surface area (Å²) in [5, 5.41) is 4.30. The highest BCUT2D eigenvalue weighted by molar-refractivity contribution is 5.96. The van der Waals surface area contributed by atoms with Gasteiger partial charge < -0.3 is 4.84 Å². The molecule has 3 heteroatoms. The topological polar surface area (TPSA) is 34.5 Å². The molecule has 23 heavy (non-hydrogen) atoms. The van der Waals surface area contributed by atoms with Gasteiger partial charge in [0.15, 0.2) is 6.10 Å². The lowest BCUT2D eigenvalue weighted by Crippen LogP contribution is -2.06. The van der Waals surface area contributed by atoms with Crippen molar-refractivity contribution in [3.8, 4) is 0 Å². The Bertz CT molecular complexity index is 716. The number of rotatable bonds is 5.